The van der Waals surface area contributed by atoms with Crippen molar-refractivity contribution in [3.63, 3.8) is 0 Å². The maximum absolute atomic E-state index is 13.4. The van der Waals surface area contributed by atoms with Crippen molar-refractivity contribution in [3.8, 4) is 5.75 Å². The van der Waals surface area contributed by atoms with Gasteiger partial charge < -0.3 is 20.3 Å². The lowest BCUT2D eigenvalue weighted by Gasteiger charge is -2.28. The van der Waals surface area contributed by atoms with Gasteiger partial charge >= 0.3 is 5.69 Å². The molecular weight excluding hydrogens is 482 g/mol. The van der Waals surface area contributed by atoms with Gasteiger partial charge in [-0.15, -0.1) is 0 Å². The molecule has 9 nitrogen and oxygen atoms in total. The lowest BCUT2D eigenvalue weighted by atomic mass is 9.85. The number of carbonyl (C=O) groups excluding carboxylic acids is 2. The van der Waals surface area contributed by atoms with Crippen molar-refractivity contribution < 1.29 is 14.3 Å². The van der Waals surface area contributed by atoms with Crippen molar-refractivity contribution in [2.45, 2.75) is 51.1 Å². The number of aromatic nitrogens is 2. The normalized spacial score (nSPS) is 21.9. The van der Waals surface area contributed by atoms with E-state index >= 15 is 0 Å². The number of hydrogen-bond acceptors (Lipinski definition) is 5. The number of hydrogen-bond donors (Lipinski definition) is 2. The van der Waals surface area contributed by atoms with E-state index in [-0.39, 0.29) is 35.5 Å². The van der Waals surface area contributed by atoms with E-state index in [0.717, 1.165) is 54.9 Å². The zero-order valence-electron chi connectivity index (χ0n) is 22.6. The van der Waals surface area contributed by atoms with E-state index in [9.17, 15) is 14.4 Å². The number of rotatable bonds is 6. The van der Waals surface area contributed by atoms with Crippen LogP contribution < -0.4 is 21.1 Å². The minimum Gasteiger partial charge on any atom is -0.496 e. The van der Waals surface area contributed by atoms with Crippen molar-refractivity contribution >= 4 is 28.5 Å². The Hall–Kier alpha value is -3.59. The van der Waals surface area contributed by atoms with Crippen LogP contribution in [0.25, 0.3) is 11.0 Å². The Morgan fingerprint density at radius 1 is 1.03 bits per heavy atom. The molecule has 1 aliphatic carbocycles. The summed E-state index contributed by atoms with van der Waals surface area (Å²) in [5, 5.41) is 6.17. The van der Waals surface area contributed by atoms with Gasteiger partial charge in [0.1, 0.15) is 5.75 Å². The number of carbonyl (C=O) groups is 2. The van der Waals surface area contributed by atoms with Gasteiger partial charge in [0.05, 0.1) is 23.7 Å². The molecule has 1 unspecified atom stereocenters. The second kappa shape index (κ2) is 10.6. The van der Waals surface area contributed by atoms with Gasteiger partial charge in [0.2, 0.25) is 5.91 Å². The summed E-state index contributed by atoms with van der Waals surface area (Å²) in [6.07, 6.45) is 3.75. The van der Waals surface area contributed by atoms with Crippen molar-refractivity contribution in [1.29, 1.82) is 0 Å². The number of aryl methyl sites for hydroxylation is 2. The summed E-state index contributed by atoms with van der Waals surface area (Å²) in [7, 11) is 5.40. The first-order valence-corrected chi connectivity index (χ1v) is 13.4. The molecule has 1 aromatic heterocycles. The van der Waals surface area contributed by atoms with Crippen LogP contribution in [0.15, 0.2) is 41.2 Å². The third-order valence-electron chi connectivity index (χ3n) is 8.18. The number of anilines is 1. The zero-order valence-corrected chi connectivity index (χ0v) is 22.6. The summed E-state index contributed by atoms with van der Waals surface area (Å²) < 4.78 is 8.79. The Kier molecular flexibility index (Phi) is 7.29. The standard InChI is InChI=1S/C29H37N5O4/c1-18-8-11-20(16-25(18)38-4)30-27(35)19-9-12-22(13-10-19)34-24-7-5-6-23(26(24)33(3)29(34)37)28(36)31-21-14-15-32(2)17-21/h5-8,11,16,19,21-22H,9-10,12-15,17H2,1-4H3,(H,30,35)(H,31,36). The second-order valence-corrected chi connectivity index (χ2v) is 10.8. The molecule has 1 atom stereocenters. The molecule has 2 aliphatic rings. The summed E-state index contributed by atoms with van der Waals surface area (Å²) in [4.78, 5) is 41.8. The van der Waals surface area contributed by atoms with Crippen LogP contribution in [0.1, 0.15) is 54.1 Å². The van der Waals surface area contributed by atoms with E-state index in [1.807, 2.05) is 41.8 Å². The second-order valence-electron chi connectivity index (χ2n) is 10.8. The smallest absolute Gasteiger partial charge is 0.329 e. The summed E-state index contributed by atoms with van der Waals surface area (Å²) >= 11 is 0. The van der Waals surface area contributed by atoms with Gasteiger partial charge in [-0.2, -0.15) is 0 Å². The van der Waals surface area contributed by atoms with Crippen molar-refractivity contribution in [3.05, 3.63) is 58.0 Å². The highest BCUT2D eigenvalue weighted by molar-refractivity contribution is 6.05. The zero-order chi connectivity index (χ0) is 27.0. The summed E-state index contributed by atoms with van der Waals surface area (Å²) in [6.45, 7) is 3.75. The van der Waals surface area contributed by atoms with E-state index in [0.29, 0.717) is 23.9 Å². The predicted octanol–water partition coefficient (Wildman–Crippen LogP) is 3.46. The highest BCUT2D eigenvalue weighted by atomic mass is 16.5. The maximum Gasteiger partial charge on any atom is 0.329 e. The van der Waals surface area contributed by atoms with Crippen LogP contribution in [0.3, 0.4) is 0 Å². The molecule has 38 heavy (non-hydrogen) atoms. The lowest BCUT2D eigenvalue weighted by Crippen LogP contribution is -2.36. The first-order chi connectivity index (χ1) is 18.3. The third kappa shape index (κ3) is 4.95. The molecule has 3 aromatic rings. The molecule has 5 rings (SSSR count). The number of likely N-dealkylation sites (N-methyl/N-ethyl adjacent to an activating group) is 1. The van der Waals surface area contributed by atoms with E-state index in [2.05, 4.69) is 22.6 Å². The highest BCUT2D eigenvalue weighted by Crippen LogP contribution is 2.35. The number of imidazole rings is 1. The third-order valence-corrected chi connectivity index (χ3v) is 8.18. The molecule has 0 bridgehead atoms. The Morgan fingerprint density at radius 2 is 1.79 bits per heavy atom. The molecule has 1 saturated carbocycles. The molecule has 0 spiro atoms. The van der Waals surface area contributed by atoms with Gasteiger partial charge in [-0.25, -0.2) is 4.79 Å². The number of amides is 2. The van der Waals surface area contributed by atoms with Crippen LogP contribution in [0, 0.1) is 12.8 Å². The van der Waals surface area contributed by atoms with Crippen molar-refractivity contribution in [2.75, 3.05) is 32.6 Å². The largest absolute Gasteiger partial charge is 0.496 e. The minimum absolute atomic E-state index is 0.00358. The average molecular weight is 520 g/mol. The average Bonchev–Trinajstić information content (AvgIpc) is 3.44. The predicted molar refractivity (Wildman–Crippen MR) is 148 cm³/mol. The van der Waals surface area contributed by atoms with Gasteiger partial charge in [0, 0.05) is 43.3 Å². The van der Waals surface area contributed by atoms with Gasteiger partial charge in [-0.05, 0) is 76.4 Å². The Balaban J connectivity index is 1.31. The van der Waals surface area contributed by atoms with Crippen LogP contribution in [-0.4, -0.2) is 59.1 Å². The summed E-state index contributed by atoms with van der Waals surface area (Å²) in [6, 6.07) is 11.3. The summed E-state index contributed by atoms with van der Waals surface area (Å²) in [5.41, 5.74) is 3.57. The molecule has 202 valence electrons. The van der Waals surface area contributed by atoms with E-state index < -0.39 is 0 Å². The molecule has 2 amide bonds. The fourth-order valence-electron chi connectivity index (χ4n) is 6.03. The van der Waals surface area contributed by atoms with Gasteiger partial charge in [-0.3, -0.25) is 18.7 Å². The van der Waals surface area contributed by atoms with Crippen LogP contribution in [-0.2, 0) is 11.8 Å². The van der Waals surface area contributed by atoms with Gasteiger partial charge in [-0.1, -0.05) is 12.1 Å². The van der Waals surface area contributed by atoms with E-state index in [4.69, 9.17) is 4.74 Å². The van der Waals surface area contributed by atoms with E-state index in [1.165, 1.54) is 0 Å². The van der Waals surface area contributed by atoms with Crippen LogP contribution in [0.5, 0.6) is 5.75 Å². The molecule has 1 saturated heterocycles. The molecule has 2 N–H and O–H groups in total. The number of nitrogens with zero attached hydrogens (tertiary/aromatic N) is 3. The highest BCUT2D eigenvalue weighted by Gasteiger charge is 2.31. The van der Waals surface area contributed by atoms with Gasteiger partial charge in [0.25, 0.3) is 5.91 Å². The Bertz CT molecular complexity index is 1420. The van der Waals surface area contributed by atoms with Crippen LogP contribution >= 0.6 is 0 Å². The number of ether oxygens (including phenoxy) is 1. The molecular formula is C29H37N5O4. The Morgan fingerprint density at radius 3 is 2.47 bits per heavy atom. The number of fused-ring (bicyclic) bond motifs is 1. The van der Waals surface area contributed by atoms with Gasteiger partial charge in [0.15, 0.2) is 0 Å². The SMILES string of the molecule is COc1cc(NC(=O)C2CCC(n3c(=O)n(C)c4c(C(=O)NC5CCN(C)C5)cccc43)CC2)ccc1C. The fraction of sp³-hybridized carbons (Fsp3) is 0.483. The first-order valence-electron chi connectivity index (χ1n) is 13.4. The topological polar surface area (TPSA) is 97.6 Å². The minimum atomic E-state index is -0.142. The lowest BCUT2D eigenvalue weighted by molar-refractivity contribution is -0.121. The molecule has 2 fully saturated rings. The monoisotopic (exact) mass is 519 g/mol. The summed E-state index contributed by atoms with van der Waals surface area (Å²) in [5.74, 6) is 0.480. The fourth-order valence-corrected chi connectivity index (χ4v) is 6.03. The molecule has 0 radical (unpaired) electrons. The quantitative estimate of drug-likeness (QED) is 0.520. The maximum atomic E-state index is 13.4. The number of para-hydroxylation sites is 1. The van der Waals surface area contributed by atoms with Crippen molar-refractivity contribution in [2.24, 2.45) is 13.0 Å². The number of benzene rings is 2. The van der Waals surface area contributed by atoms with Crippen LogP contribution in [0.2, 0.25) is 0 Å². The molecule has 9 heteroatoms. The first kappa shape index (κ1) is 26.0. The van der Waals surface area contributed by atoms with Crippen molar-refractivity contribution in [1.82, 2.24) is 19.4 Å². The molecule has 2 aromatic carbocycles. The number of methoxy groups -OCH3 is 1. The number of likely N-dealkylation sites (tertiary alicyclic amines) is 1. The van der Waals surface area contributed by atoms with Crippen LogP contribution in [0.4, 0.5) is 5.69 Å². The van der Waals surface area contributed by atoms with E-state index in [1.54, 1.807) is 24.8 Å². The number of nitrogens with one attached hydrogen (secondary N) is 2. The molecule has 2 heterocycles. The Labute approximate surface area is 222 Å². The molecule has 1 aliphatic heterocycles.